The molecule has 0 radical (unpaired) electrons. The molecule has 1 atom stereocenters. The van der Waals surface area contributed by atoms with E-state index in [1.54, 1.807) is 12.1 Å². The SMILES string of the molecule is Fc1cccc(Cl)c1CNc1cc2c(c(C(F)(F)F)c1)NC[C@H]2CNCCCS. The van der Waals surface area contributed by atoms with E-state index in [2.05, 4.69) is 28.6 Å². The second kappa shape index (κ2) is 9.45. The van der Waals surface area contributed by atoms with Gasteiger partial charge in [0.1, 0.15) is 5.82 Å². The fraction of sp³-hybridized carbons (Fsp3) is 0.400. The number of rotatable bonds is 8. The lowest BCUT2D eigenvalue weighted by Crippen LogP contribution is -2.24. The number of alkyl halides is 3. The number of hydrogen-bond acceptors (Lipinski definition) is 4. The molecule has 3 rings (SSSR count). The fourth-order valence-electron chi connectivity index (χ4n) is 3.40. The first-order chi connectivity index (χ1) is 13.8. The van der Waals surface area contributed by atoms with Crippen LogP contribution in [0.3, 0.4) is 0 Å². The van der Waals surface area contributed by atoms with Crippen LogP contribution in [0.15, 0.2) is 30.3 Å². The van der Waals surface area contributed by atoms with E-state index in [4.69, 9.17) is 11.6 Å². The van der Waals surface area contributed by atoms with Gasteiger partial charge in [-0.1, -0.05) is 17.7 Å². The molecule has 0 fully saturated rings. The smallest absolute Gasteiger partial charge is 0.384 e. The predicted molar refractivity (Wildman–Crippen MR) is 113 cm³/mol. The molecule has 9 heteroatoms. The van der Waals surface area contributed by atoms with Crippen molar-refractivity contribution >= 4 is 35.6 Å². The summed E-state index contributed by atoms with van der Waals surface area (Å²) in [6.07, 6.45) is -3.62. The highest BCUT2D eigenvalue weighted by Crippen LogP contribution is 2.44. The van der Waals surface area contributed by atoms with Crippen molar-refractivity contribution < 1.29 is 17.6 Å². The predicted octanol–water partition coefficient (Wildman–Crippen LogP) is 5.53. The molecule has 0 bridgehead atoms. The highest BCUT2D eigenvalue weighted by Gasteiger charge is 2.38. The Kier molecular flexibility index (Phi) is 7.19. The van der Waals surface area contributed by atoms with Gasteiger partial charge in [0.05, 0.1) is 11.3 Å². The summed E-state index contributed by atoms with van der Waals surface area (Å²) in [4.78, 5) is 0. The Morgan fingerprint density at radius 1 is 1.24 bits per heavy atom. The van der Waals surface area contributed by atoms with E-state index in [0.29, 0.717) is 18.7 Å². The van der Waals surface area contributed by atoms with Gasteiger partial charge in [-0.15, -0.1) is 0 Å². The van der Waals surface area contributed by atoms with Crippen LogP contribution in [-0.4, -0.2) is 25.4 Å². The first-order valence-electron chi connectivity index (χ1n) is 9.28. The van der Waals surface area contributed by atoms with E-state index in [9.17, 15) is 17.6 Å². The van der Waals surface area contributed by atoms with Crippen molar-refractivity contribution in [1.82, 2.24) is 5.32 Å². The first kappa shape index (κ1) is 22.1. The van der Waals surface area contributed by atoms with Crippen LogP contribution in [0.5, 0.6) is 0 Å². The average Bonchev–Trinajstić information content (AvgIpc) is 3.06. The molecule has 0 saturated carbocycles. The fourth-order valence-corrected chi connectivity index (χ4v) is 3.79. The van der Waals surface area contributed by atoms with Crippen LogP contribution in [0.25, 0.3) is 0 Å². The Morgan fingerprint density at radius 3 is 2.72 bits per heavy atom. The second-order valence-electron chi connectivity index (χ2n) is 6.90. The maximum atomic E-state index is 14.0. The highest BCUT2D eigenvalue weighted by atomic mass is 35.5. The molecule has 0 aromatic heterocycles. The Morgan fingerprint density at radius 2 is 2.03 bits per heavy atom. The summed E-state index contributed by atoms with van der Waals surface area (Å²) in [6.45, 7) is 1.73. The normalized spacial score (nSPS) is 15.9. The van der Waals surface area contributed by atoms with Crippen LogP contribution in [0, 0.1) is 5.82 Å². The molecule has 0 saturated heterocycles. The van der Waals surface area contributed by atoms with Crippen molar-refractivity contribution in [2.45, 2.75) is 25.1 Å². The van der Waals surface area contributed by atoms with Gasteiger partial charge in [-0.25, -0.2) is 4.39 Å². The van der Waals surface area contributed by atoms with Gasteiger partial charge in [-0.2, -0.15) is 25.8 Å². The molecule has 3 nitrogen and oxygen atoms in total. The van der Waals surface area contributed by atoms with Gasteiger partial charge in [0.25, 0.3) is 0 Å². The summed E-state index contributed by atoms with van der Waals surface area (Å²) in [5.41, 5.74) is 0.481. The zero-order valence-electron chi connectivity index (χ0n) is 15.5. The lowest BCUT2D eigenvalue weighted by atomic mass is 9.97. The molecule has 0 spiro atoms. The van der Waals surface area contributed by atoms with Gasteiger partial charge in [-0.3, -0.25) is 0 Å². The largest absolute Gasteiger partial charge is 0.418 e. The van der Waals surface area contributed by atoms with Gasteiger partial charge in [0, 0.05) is 41.8 Å². The van der Waals surface area contributed by atoms with E-state index in [-0.39, 0.29) is 34.4 Å². The number of halogens is 5. The number of anilines is 2. The summed E-state index contributed by atoms with van der Waals surface area (Å²) >= 11 is 10.2. The minimum absolute atomic E-state index is 0.0140. The summed E-state index contributed by atoms with van der Waals surface area (Å²) < 4.78 is 54.8. The van der Waals surface area contributed by atoms with E-state index >= 15 is 0 Å². The first-order valence-corrected chi connectivity index (χ1v) is 10.3. The lowest BCUT2D eigenvalue weighted by Gasteiger charge is -2.18. The zero-order valence-corrected chi connectivity index (χ0v) is 17.2. The summed E-state index contributed by atoms with van der Waals surface area (Å²) in [7, 11) is 0. The van der Waals surface area contributed by atoms with Crippen molar-refractivity contribution in [3.8, 4) is 0 Å². The summed E-state index contributed by atoms with van der Waals surface area (Å²) in [6, 6.07) is 7.04. The lowest BCUT2D eigenvalue weighted by molar-refractivity contribution is -0.136. The van der Waals surface area contributed by atoms with Crippen molar-refractivity contribution in [1.29, 1.82) is 0 Å². The standard InChI is InChI=1S/C20H22ClF4N3S/c21-17-3-1-4-18(22)15(17)11-27-13-7-14-12(9-26-5-2-6-29)10-28-19(14)16(8-13)20(23,24)25/h1,3-4,7-8,12,26-29H,2,5-6,9-11H2/t12-/m1/s1. The molecule has 1 aliphatic rings. The molecule has 2 aromatic carbocycles. The number of thiol groups is 1. The van der Waals surface area contributed by atoms with Crippen LogP contribution in [0.2, 0.25) is 5.02 Å². The Labute approximate surface area is 177 Å². The van der Waals surface area contributed by atoms with E-state index in [1.807, 2.05) is 0 Å². The van der Waals surface area contributed by atoms with Crippen molar-refractivity contribution in [2.75, 3.05) is 36.0 Å². The van der Waals surface area contributed by atoms with Crippen LogP contribution in [0.4, 0.5) is 28.9 Å². The Hall–Kier alpha value is -1.64. The number of benzene rings is 2. The molecule has 0 unspecified atom stereocenters. The monoisotopic (exact) mass is 447 g/mol. The molecule has 0 amide bonds. The minimum Gasteiger partial charge on any atom is -0.384 e. The van der Waals surface area contributed by atoms with E-state index in [1.165, 1.54) is 12.1 Å². The third-order valence-corrected chi connectivity index (χ3v) is 5.54. The Balaban J connectivity index is 1.85. The van der Waals surface area contributed by atoms with Gasteiger partial charge in [0.2, 0.25) is 0 Å². The van der Waals surface area contributed by atoms with Gasteiger partial charge in [-0.05, 0) is 48.5 Å². The molecule has 3 N–H and O–H groups in total. The molecule has 29 heavy (non-hydrogen) atoms. The molecule has 0 aliphatic carbocycles. The summed E-state index contributed by atoms with van der Waals surface area (Å²) in [5, 5.41) is 9.29. The van der Waals surface area contributed by atoms with Crippen LogP contribution < -0.4 is 16.0 Å². The zero-order chi connectivity index (χ0) is 21.0. The number of hydrogen-bond donors (Lipinski definition) is 4. The topological polar surface area (TPSA) is 36.1 Å². The highest BCUT2D eigenvalue weighted by molar-refractivity contribution is 7.80. The van der Waals surface area contributed by atoms with Crippen molar-refractivity contribution in [2.24, 2.45) is 0 Å². The summed E-state index contributed by atoms with van der Waals surface area (Å²) in [5.74, 6) is 0.150. The molecule has 158 valence electrons. The van der Waals surface area contributed by atoms with E-state index < -0.39 is 17.6 Å². The van der Waals surface area contributed by atoms with Crippen LogP contribution >= 0.6 is 24.2 Å². The molecule has 1 heterocycles. The van der Waals surface area contributed by atoms with Crippen LogP contribution in [0.1, 0.15) is 29.0 Å². The van der Waals surface area contributed by atoms with E-state index in [0.717, 1.165) is 24.8 Å². The molecule has 2 aromatic rings. The Bertz CT molecular complexity index is 840. The van der Waals surface area contributed by atoms with Crippen LogP contribution in [-0.2, 0) is 12.7 Å². The maximum absolute atomic E-state index is 14.0. The third-order valence-electron chi connectivity index (χ3n) is 4.87. The third kappa shape index (κ3) is 5.29. The maximum Gasteiger partial charge on any atom is 0.418 e. The second-order valence-corrected chi connectivity index (χ2v) is 7.75. The average molecular weight is 448 g/mol. The van der Waals surface area contributed by atoms with Gasteiger partial charge >= 0.3 is 6.18 Å². The van der Waals surface area contributed by atoms with Crippen molar-refractivity contribution in [3.05, 3.63) is 57.9 Å². The molecular formula is C20H22ClF4N3S. The number of fused-ring (bicyclic) bond motifs is 1. The van der Waals surface area contributed by atoms with Gasteiger partial charge in [0.15, 0.2) is 0 Å². The minimum atomic E-state index is -4.50. The quantitative estimate of drug-likeness (QED) is 0.244. The molecular weight excluding hydrogens is 426 g/mol. The molecule has 1 aliphatic heterocycles. The number of nitrogens with one attached hydrogen (secondary N) is 3. The van der Waals surface area contributed by atoms with Gasteiger partial charge < -0.3 is 16.0 Å². The van der Waals surface area contributed by atoms with Crippen molar-refractivity contribution in [3.63, 3.8) is 0 Å².